The molecule has 76 valence electrons. The van der Waals surface area contributed by atoms with Gasteiger partial charge in [-0.15, -0.1) is 0 Å². The van der Waals surface area contributed by atoms with Crippen LogP contribution in [0.25, 0.3) is 0 Å². The van der Waals surface area contributed by atoms with E-state index in [1.165, 1.54) is 6.07 Å². The number of hydrogen-bond donors (Lipinski definition) is 1. The highest BCUT2D eigenvalue weighted by Gasteiger charge is 2.27. The lowest BCUT2D eigenvalue weighted by Crippen LogP contribution is -2.18. The van der Waals surface area contributed by atoms with Crippen LogP contribution < -0.4 is 5.73 Å². The summed E-state index contributed by atoms with van der Waals surface area (Å²) in [5.41, 5.74) is 6.25. The second-order valence-electron chi connectivity index (χ2n) is 3.65. The Morgan fingerprint density at radius 2 is 2.21 bits per heavy atom. The van der Waals surface area contributed by atoms with E-state index in [4.69, 9.17) is 10.5 Å². The molecule has 1 saturated heterocycles. The van der Waals surface area contributed by atoms with Crippen molar-refractivity contribution < 1.29 is 9.13 Å². The lowest BCUT2D eigenvalue weighted by atomic mass is 9.96. The number of ether oxygens (including phenoxy) is 1. The Balaban J connectivity index is 2.13. The van der Waals surface area contributed by atoms with E-state index in [9.17, 15) is 4.39 Å². The van der Waals surface area contributed by atoms with Crippen LogP contribution in [0.3, 0.4) is 0 Å². The molecule has 14 heavy (non-hydrogen) atoms. The van der Waals surface area contributed by atoms with Gasteiger partial charge in [0.2, 0.25) is 0 Å². The second-order valence-corrected chi connectivity index (χ2v) is 3.65. The van der Waals surface area contributed by atoms with Crippen molar-refractivity contribution >= 4 is 0 Å². The lowest BCUT2D eigenvalue weighted by molar-refractivity contribution is 0.115. The first-order valence-electron chi connectivity index (χ1n) is 4.87. The Labute approximate surface area is 82.9 Å². The normalized spacial score (nSPS) is 26.7. The summed E-state index contributed by atoms with van der Waals surface area (Å²) in [6.07, 6.45) is 0.928. The average molecular weight is 195 g/mol. The van der Waals surface area contributed by atoms with E-state index in [1.807, 2.05) is 12.1 Å². The summed E-state index contributed by atoms with van der Waals surface area (Å²) in [6.45, 7) is 1.10. The smallest absolute Gasteiger partial charge is 0.126 e. The molecule has 1 aliphatic heterocycles. The van der Waals surface area contributed by atoms with Crippen molar-refractivity contribution in [2.45, 2.75) is 18.4 Å². The SMILES string of the molecule is NC[C@H]1C[C@H](c2ccccc2F)CO1. The maximum absolute atomic E-state index is 13.4. The van der Waals surface area contributed by atoms with Crippen LogP contribution in [0, 0.1) is 5.82 Å². The van der Waals surface area contributed by atoms with Gasteiger partial charge >= 0.3 is 0 Å². The van der Waals surface area contributed by atoms with Crippen molar-refractivity contribution in [2.75, 3.05) is 13.2 Å². The summed E-state index contributed by atoms with van der Waals surface area (Å²) in [7, 11) is 0. The summed E-state index contributed by atoms with van der Waals surface area (Å²) in [5.74, 6) is 0.0310. The van der Waals surface area contributed by atoms with Gasteiger partial charge in [0, 0.05) is 12.5 Å². The minimum atomic E-state index is -0.140. The first-order chi connectivity index (χ1) is 6.81. The number of rotatable bonds is 2. The predicted octanol–water partition coefficient (Wildman–Crippen LogP) is 1.66. The summed E-state index contributed by atoms with van der Waals surface area (Å²) in [4.78, 5) is 0. The van der Waals surface area contributed by atoms with Gasteiger partial charge in [-0.05, 0) is 18.1 Å². The zero-order valence-electron chi connectivity index (χ0n) is 7.95. The van der Waals surface area contributed by atoms with E-state index in [0.717, 1.165) is 12.0 Å². The van der Waals surface area contributed by atoms with E-state index in [1.54, 1.807) is 6.07 Å². The van der Waals surface area contributed by atoms with Gasteiger partial charge in [0.1, 0.15) is 5.82 Å². The third-order valence-electron chi connectivity index (χ3n) is 2.69. The van der Waals surface area contributed by atoms with E-state index in [2.05, 4.69) is 0 Å². The molecule has 0 amide bonds. The molecule has 0 bridgehead atoms. The van der Waals surface area contributed by atoms with Gasteiger partial charge in [-0.25, -0.2) is 4.39 Å². The number of halogens is 1. The van der Waals surface area contributed by atoms with Gasteiger partial charge in [-0.3, -0.25) is 0 Å². The van der Waals surface area contributed by atoms with Crippen LogP contribution in [-0.2, 0) is 4.74 Å². The van der Waals surface area contributed by atoms with E-state index in [-0.39, 0.29) is 17.8 Å². The average Bonchev–Trinajstić information content (AvgIpc) is 2.67. The maximum Gasteiger partial charge on any atom is 0.126 e. The monoisotopic (exact) mass is 195 g/mol. The van der Waals surface area contributed by atoms with Gasteiger partial charge in [0.15, 0.2) is 0 Å². The van der Waals surface area contributed by atoms with Gasteiger partial charge in [0.25, 0.3) is 0 Å². The van der Waals surface area contributed by atoms with Crippen molar-refractivity contribution in [3.63, 3.8) is 0 Å². The highest BCUT2D eigenvalue weighted by molar-refractivity contribution is 5.22. The molecule has 1 heterocycles. The van der Waals surface area contributed by atoms with Crippen molar-refractivity contribution in [3.8, 4) is 0 Å². The molecule has 2 rings (SSSR count). The summed E-state index contributed by atoms with van der Waals surface area (Å²) < 4.78 is 18.8. The number of benzene rings is 1. The fourth-order valence-corrected chi connectivity index (χ4v) is 1.89. The predicted molar refractivity (Wildman–Crippen MR) is 52.6 cm³/mol. The molecule has 0 unspecified atom stereocenters. The zero-order valence-corrected chi connectivity index (χ0v) is 7.95. The van der Waals surface area contributed by atoms with Crippen LogP contribution in [-0.4, -0.2) is 19.3 Å². The molecular weight excluding hydrogens is 181 g/mol. The summed E-state index contributed by atoms with van der Waals surface area (Å²) in [6, 6.07) is 6.87. The molecule has 0 aromatic heterocycles. The van der Waals surface area contributed by atoms with Crippen LogP contribution in [0.2, 0.25) is 0 Å². The molecule has 1 aromatic rings. The van der Waals surface area contributed by atoms with Gasteiger partial charge < -0.3 is 10.5 Å². The first kappa shape index (κ1) is 9.62. The van der Waals surface area contributed by atoms with Crippen molar-refractivity contribution in [3.05, 3.63) is 35.6 Å². The third-order valence-corrected chi connectivity index (χ3v) is 2.69. The molecule has 0 aliphatic carbocycles. The quantitative estimate of drug-likeness (QED) is 0.778. The Hall–Kier alpha value is -0.930. The lowest BCUT2D eigenvalue weighted by Gasteiger charge is -2.08. The van der Waals surface area contributed by atoms with Crippen LogP contribution >= 0.6 is 0 Å². The van der Waals surface area contributed by atoms with Crippen LogP contribution in [0.1, 0.15) is 17.9 Å². The Morgan fingerprint density at radius 3 is 2.86 bits per heavy atom. The van der Waals surface area contributed by atoms with E-state index >= 15 is 0 Å². The van der Waals surface area contributed by atoms with Gasteiger partial charge in [-0.2, -0.15) is 0 Å². The molecule has 0 spiro atoms. The zero-order chi connectivity index (χ0) is 9.97. The van der Waals surface area contributed by atoms with Crippen molar-refractivity contribution in [2.24, 2.45) is 5.73 Å². The second kappa shape index (κ2) is 4.07. The Kier molecular flexibility index (Phi) is 2.79. The largest absolute Gasteiger partial charge is 0.376 e. The molecule has 0 radical (unpaired) electrons. The Morgan fingerprint density at radius 1 is 1.43 bits per heavy atom. The molecule has 2 atom stereocenters. The maximum atomic E-state index is 13.4. The summed E-state index contributed by atoms with van der Waals surface area (Å²) >= 11 is 0. The van der Waals surface area contributed by atoms with Crippen LogP contribution in [0.5, 0.6) is 0 Å². The standard InChI is InChI=1S/C11H14FNO/c12-11-4-2-1-3-10(11)8-5-9(6-13)14-7-8/h1-4,8-9H,5-7,13H2/t8-,9+/m0/s1. The minimum Gasteiger partial charge on any atom is -0.376 e. The fraction of sp³-hybridized carbons (Fsp3) is 0.455. The number of nitrogens with two attached hydrogens (primary N) is 1. The minimum absolute atomic E-state index is 0.0969. The highest BCUT2D eigenvalue weighted by atomic mass is 19.1. The molecule has 1 aliphatic rings. The van der Waals surface area contributed by atoms with Gasteiger partial charge in [0.05, 0.1) is 12.7 Å². The molecule has 1 fully saturated rings. The molecule has 3 heteroatoms. The topological polar surface area (TPSA) is 35.2 Å². The van der Waals surface area contributed by atoms with Crippen molar-refractivity contribution in [1.29, 1.82) is 0 Å². The van der Waals surface area contributed by atoms with Crippen molar-refractivity contribution in [1.82, 2.24) is 0 Å². The first-order valence-corrected chi connectivity index (χ1v) is 4.87. The van der Waals surface area contributed by atoms with Crippen LogP contribution in [0.4, 0.5) is 4.39 Å². The van der Waals surface area contributed by atoms with Gasteiger partial charge in [-0.1, -0.05) is 18.2 Å². The number of hydrogen-bond acceptors (Lipinski definition) is 2. The van der Waals surface area contributed by atoms with E-state index < -0.39 is 0 Å². The van der Waals surface area contributed by atoms with Crippen LogP contribution in [0.15, 0.2) is 24.3 Å². The molecule has 2 nitrogen and oxygen atoms in total. The summed E-state index contributed by atoms with van der Waals surface area (Å²) in [5, 5.41) is 0. The highest BCUT2D eigenvalue weighted by Crippen LogP contribution is 2.30. The Bertz CT molecular complexity index is 316. The molecule has 2 N–H and O–H groups in total. The molecular formula is C11H14FNO. The fourth-order valence-electron chi connectivity index (χ4n) is 1.89. The molecule has 0 saturated carbocycles. The third kappa shape index (κ3) is 1.79. The molecule has 1 aromatic carbocycles. The van der Waals surface area contributed by atoms with E-state index in [0.29, 0.717) is 13.2 Å².